The lowest BCUT2D eigenvalue weighted by Gasteiger charge is -2.18. The van der Waals surface area contributed by atoms with Crippen LogP contribution in [0.1, 0.15) is 41.7 Å². The molecule has 0 saturated carbocycles. The number of amides is 1. The lowest BCUT2D eigenvalue weighted by molar-refractivity contribution is -0.125. The smallest absolute Gasteiger partial charge is 0.338 e. The minimum Gasteiger partial charge on any atom is -0.452 e. The van der Waals surface area contributed by atoms with Crippen molar-refractivity contribution in [2.45, 2.75) is 25.8 Å². The minimum absolute atomic E-state index is 0.0792. The largest absolute Gasteiger partial charge is 0.452 e. The second-order valence-corrected chi connectivity index (χ2v) is 6.34. The Hall–Kier alpha value is -2.82. The molecule has 0 unspecified atom stereocenters. The molecule has 5 nitrogen and oxygen atoms in total. The van der Waals surface area contributed by atoms with Crippen molar-refractivity contribution in [2.75, 3.05) is 25.6 Å². The maximum atomic E-state index is 12.2. The third-order valence-corrected chi connectivity index (χ3v) is 4.05. The van der Waals surface area contributed by atoms with Gasteiger partial charge in [-0.1, -0.05) is 49.7 Å². The Kier molecular flexibility index (Phi) is 7.21. The number of carbonyl (C=O) groups is 2. The molecule has 0 saturated heterocycles. The molecule has 2 aromatic rings. The molecular weight excluding hydrogens is 328 g/mol. The van der Waals surface area contributed by atoms with Crippen molar-refractivity contribution in [2.24, 2.45) is 0 Å². The van der Waals surface area contributed by atoms with Crippen LogP contribution in [-0.2, 0) is 9.53 Å². The monoisotopic (exact) mass is 354 g/mol. The number of carbonyl (C=O) groups excluding carboxylic acids is 2. The van der Waals surface area contributed by atoms with E-state index in [9.17, 15) is 9.59 Å². The lowest BCUT2D eigenvalue weighted by atomic mass is 10.0. The van der Waals surface area contributed by atoms with E-state index in [0.29, 0.717) is 5.56 Å². The predicted molar refractivity (Wildman–Crippen MR) is 103 cm³/mol. The molecule has 138 valence electrons. The van der Waals surface area contributed by atoms with Crippen molar-refractivity contribution in [1.29, 1.82) is 0 Å². The first kappa shape index (κ1) is 19.5. The van der Waals surface area contributed by atoms with Gasteiger partial charge in [0.1, 0.15) is 0 Å². The molecule has 0 radical (unpaired) electrons. The Bertz CT molecular complexity index is 729. The van der Waals surface area contributed by atoms with E-state index in [1.807, 2.05) is 55.4 Å². The van der Waals surface area contributed by atoms with Crippen molar-refractivity contribution in [1.82, 2.24) is 5.32 Å². The number of ether oxygens (including phenoxy) is 1. The van der Waals surface area contributed by atoms with Gasteiger partial charge < -0.3 is 15.0 Å². The van der Waals surface area contributed by atoms with Gasteiger partial charge in [0.2, 0.25) is 0 Å². The molecule has 2 aromatic carbocycles. The van der Waals surface area contributed by atoms with Crippen LogP contribution in [-0.4, -0.2) is 32.6 Å². The molecule has 0 heterocycles. The van der Waals surface area contributed by atoms with E-state index in [4.69, 9.17) is 4.74 Å². The molecule has 5 heteroatoms. The zero-order valence-electron chi connectivity index (χ0n) is 15.6. The number of benzene rings is 2. The average molecular weight is 354 g/mol. The van der Waals surface area contributed by atoms with Crippen molar-refractivity contribution >= 4 is 17.6 Å². The van der Waals surface area contributed by atoms with Crippen molar-refractivity contribution in [3.8, 4) is 0 Å². The fourth-order valence-electron chi connectivity index (χ4n) is 2.66. The second-order valence-electron chi connectivity index (χ2n) is 6.34. The van der Waals surface area contributed by atoms with Gasteiger partial charge in [-0.15, -0.1) is 0 Å². The van der Waals surface area contributed by atoms with Crippen LogP contribution in [0.5, 0.6) is 0 Å². The van der Waals surface area contributed by atoms with Gasteiger partial charge in [0.15, 0.2) is 6.61 Å². The molecule has 0 fully saturated rings. The Balaban J connectivity index is 1.92. The maximum absolute atomic E-state index is 12.2. The predicted octanol–water partition coefficient (Wildman–Crippen LogP) is 3.57. The number of rotatable bonds is 8. The van der Waals surface area contributed by atoms with Crippen LogP contribution in [0.3, 0.4) is 0 Å². The molecule has 2 rings (SSSR count). The first-order valence-corrected chi connectivity index (χ1v) is 8.80. The molecule has 26 heavy (non-hydrogen) atoms. The maximum Gasteiger partial charge on any atom is 0.338 e. The standard InChI is InChI=1S/C21H26N2O3/c1-4-9-19(16-10-6-5-7-11-16)22-20(24)15-26-21(25)17-12-8-13-18(14-17)23(2)3/h5-8,10-14,19H,4,9,15H2,1-3H3,(H,22,24)/t19-/m0/s1. The van der Waals surface area contributed by atoms with E-state index < -0.39 is 5.97 Å². The van der Waals surface area contributed by atoms with Gasteiger partial charge in [0, 0.05) is 19.8 Å². The van der Waals surface area contributed by atoms with Crippen molar-refractivity contribution in [3.63, 3.8) is 0 Å². The fraction of sp³-hybridized carbons (Fsp3) is 0.333. The highest BCUT2D eigenvalue weighted by Crippen LogP contribution is 2.18. The molecule has 0 aliphatic heterocycles. The van der Waals surface area contributed by atoms with Crippen LogP contribution in [0.2, 0.25) is 0 Å². The zero-order chi connectivity index (χ0) is 18.9. The summed E-state index contributed by atoms with van der Waals surface area (Å²) in [5, 5.41) is 2.95. The number of anilines is 1. The van der Waals surface area contributed by atoms with Crippen molar-refractivity contribution < 1.29 is 14.3 Å². The second kappa shape index (κ2) is 9.61. The number of hydrogen-bond acceptors (Lipinski definition) is 4. The number of esters is 1. The first-order chi connectivity index (χ1) is 12.5. The van der Waals surface area contributed by atoms with Crippen LogP contribution in [0.4, 0.5) is 5.69 Å². The Morgan fingerprint density at radius 2 is 1.81 bits per heavy atom. The summed E-state index contributed by atoms with van der Waals surface area (Å²) >= 11 is 0. The van der Waals surface area contributed by atoms with Crippen molar-refractivity contribution in [3.05, 3.63) is 65.7 Å². The molecule has 0 aliphatic rings. The summed E-state index contributed by atoms with van der Waals surface area (Å²) in [6, 6.07) is 16.8. The van der Waals surface area contributed by atoms with Crippen LogP contribution < -0.4 is 10.2 Å². The normalized spacial score (nSPS) is 11.5. The minimum atomic E-state index is -0.504. The molecule has 0 bridgehead atoms. The third-order valence-electron chi connectivity index (χ3n) is 4.05. The summed E-state index contributed by atoms with van der Waals surface area (Å²) < 4.78 is 5.17. The van der Waals surface area contributed by atoms with Gasteiger partial charge in [-0.25, -0.2) is 4.79 Å². The summed E-state index contributed by atoms with van der Waals surface area (Å²) in [4.78, 5) is 26.3. The van der Waals surface area contributed by atoms with Gasteiger partial charge in [0.05, 0.1) is 11.6 Å². The highest BCUT2D eigenvalue weighted by Gasteiger charge is 2.16. The van der Waals surface area contributed by atoms with E-state index in [2.05, 4.69) is 12.2 Å². The molecular formula is C21H26N2O3. The summed E-state index contributed by atoms with van der Waals surface area (Å²) in [6.07, 6.45) is 1.77. The Morgan fingerprint density at radius 1 is 1.08 bits per heavy atom. The number of nitrogens with one attached hydrogen (secondary N) is 1. The SMILES string of the molecule is CCC[C@H](NC(=O)COC(=O)c1cccc(N(C)C)c1)c1ccccc1. The van der Waals surface area contributed by atoms with E-state index in [-0.39, 0.29) is 18.6 Å². The van der Waals surface area contributed by atoms with Gasteiger partial charge in [-0.3, -0.25) is 4.79 Å². The lowest BCUT2D eigenvalue weighted by Crippen LogP contribution is -2.32. The van der Waals surface area contributed by atoms with Crippen LogP contribution >= 0.6 is 0 Å². The molecule has 0 spiro atoms. The summed E-state index contributed by atoms with van der Waals surface area (Å²) in [5.41, 5.74) is 2.38. The summed E-state index contributed by atoms with van der Waals surface area (Å²) in [7, 11) is 3.80. The number of nitrogens with zero attached hydrogens (tertiary/aromatic N) is 1. The highest BCUT2D eigenvalue weighted by atomic mass is 16.5. The first-order valence-electron chi connectivity index (χ1n) is 8.80. The third kappa shape index (κ3) is 5.62. The topological polar surface area (TPSA) is 58.6 Å². The van der Waals surface area contributed by atoms with Gasteiger partial charge in [0.25, 0.3) is 5.91 Å². The van der Waals surface area contributed by atoms with Gasteiger partial charge in [-0.2, -0.15) is 0 Å². The Labute approximate surface area is 155 Å². The fourth-order valence-corrected chi connectivity index (χ4v) is 2.66. The van der Waals surface area contributed by atoms with E-state index in [0.717, 1.165) is 24.1 Å². The van der Waals surface area contributed by atoms with Crippen LogP contribution in [0.15, 0.2) is 54.6 Å². The molecule has 0 aromatic heterocycles. The van der Waals surface area contributed by atoms with Gasteiger partial charge in [-0.05, 0) is 30.2 Å². The summed E-state index contributed by atoms with van der Waals surface area (Å²) in [6.45, 7) is 1.78. The summed E-state index contributed by atoms with van der Waals surface area (Å²) in [5.74, 6) is -0.806. The van der Waals surface area contributed by atoms with E-state index in [1.54, 1.807) is 18.2 Å². The van der Waals surface area contributed by atoms with Gasteiger partial charge >= 0.3 is 5.97 Å². The zero-order valence-corrected chi connectivity index (χ0v) is 15.6. The highest BCUT2D eigenvalue weighted by molar-refractivity contribution is 5.92. The molecule has 1 N–H and O–H groups in total. The molecule has 0 aliphatic carbocycles. The average Bonchev–Trinajstić information content (AvgIpc) is 2.66. The Morgan fingerprint density at radius 3 is 2.46 bits per heavy atom. The van der Waals surface area contributed by atoms with E-state index in [1.165, 1.54) is 0 Å². The van der Waals surface area contributed by atoms with Crippen LogP contribution in [0, 0.1) is 0 Å². The number of hydrogen-bond donors (Lipinski definition) is 1. The molecule has 1 atom stereocenters. The molecule has 1 amide bonds. The van der Waals surface area contributed by atoms with E-state index >= 15 is 0 Å². The quantitative estimate of drug-likeness (QED) is 0.736. The van der Waals surface area contributed by atoms with Crippen LogP contribution in [0.25, 0.3) is 0 Å².